The summed E-state index contributed by atoms with van der Waals surface area (Å²) in [4.78, 5) is 41.2. The molecular weight excluding hydrogens is 615 g/mol. The first-order chi connectivity index (χ1) is 18.4. The largest absolute Gasteiger partial charge is 0.493 e. The van der Waals surface area contributed by atoms with E-state index >= 15 is 0 Å². The van der Waals surface area contributed by atoms with Crippen LogP contribution in [0, 0.1) is 3.57 Å². The fraction of sp³-hybridized carbons (Fsp3) is 0.276. The number of nitrogens with zero attached hydrogens (tertiary/aromatic N) is 2. The number of hydrogen-bond donors (Lipinski definition) is 0. The normalized spacial score (nSPS) is 16.9. The molecule has 5 rings (SSSR count). The predicted molar refractivity (Wildman–Crippen MR) is 157 cm³/mol. The molecule has 0 aromatic heterocycles. The number of halogens is 1. The zero-order valence-electron chi connectivity index (χ0n) is 20.9. The summed E-state index contributed by atoms with van der Waals surface area (Å²) in [6.45, 7) is 1.52. The molecule has 0 unspecified atom stereocenters. The van der Waals surface area contributed by atoms with Gasteiger partial charge in [-0.3, -0.25) is 19.3 Å². The van der Waals surface area contributed by atoms with Crippen LogP contribution < -0.4 is 9.47 Å². The molecule has 3 amide bonds. The first-order valence-corrected chi connectivity index (χ1v) is 14.3. The van der Waals surface area contributed by atoms with Gasteiger partial charge in [0.05, 0.1) is 15.6 Å². The SMILES string of the molecule is COc1cc(/C=C2\SC(=O)N(CC(=O)N3CCCCC3)C2=O)cc(I)c1OCc1ccc2ccccc2c1. The van der Waals surface area contributed by atoms with E-state index in [4.69, 9.17) is 9.47 Å². The number of fused-ring (bicyclic) bond motifs is 1. The van der Waals surface area contributed by atoms with E-state index in [0.717, 1.165) is 50.4 Å². The van der Waals surface area contributed by atoms with E-state index in [9.17, 15) is 14.4 Å². The second-order valence-corrected chi connectivity index (χ2v) is 11.4. The number of methoxy groups -OCH3 is 1. The molecule has 3 aromatic rings. The van der Waals surface area contributed by atoms with Crippen LogP contribution in [0.3, 0.4) is 0 Å². The third-order valence-electron chi connectivity index (χ3n) is 6.62. The molecular formula is C29H27IN2O5S. The number of carbonyl (C=O) groups is 3. The summed E-state index contributed by atoms with van der Waals surface area (Å²) >= 11 is 3.03. The van der Waals surface area contributed by atoms with Crippen molar-refractivity contribution >= 4 is 68.3 Å². The fourth-order valence-corrected chi connectivity index (χ4v) is 6.23. The number of ether oxygens (including phenoxy) is 2. The van der Waals surface area contributed by atoms with E-state index in [-0.39, 0.29) is 17.4 Å². The van der Waals surface area contributed by atoms with Crippen LogP contribution in [0.1, 0.15) is 30.4 Å². The van der Waals surface area contributed by atoms with Crippen LogP contribution in [-0.4, -0.2) is 53.6 Å². The highest BCUT2D eigenvalue weighted by atomic mass is 127. The van der Waals surface area contributed by atoms with Gasteiger partial charge < -0.3 is 14.4 Å². The quantitative estimate of drug-likeness (QED) is 0.230. The Bertz CT molecular complexity index is 1430. The van der Waals surface area contributed by atoms with Crippen LogP contribution in [0.5, 0.6) is 11.5 Å². The minimum atomic E-state index is -0.448. The molecule has 0 N–H and O–H groups in total. The number of carbonyl (C=O) groups excluding carboxylic acids is 3. The maximum absolute atomic E-state index is 13.0. The van der Waals surface area contributed by atoms with Gasteiger partial charge in [-0.05, 0) is 99.8 Å². The number of imide groups is 1. The average Bonchev–Trinajstić information content (AvgIpc) is 3.19. The first kappa shape index (κ1) is 26.6. The lowest BCUT2D eigenvalue weighted by Gasteiger charge is -2.27. The van der Waals surface area contributed by atoms with Gasteiger partial charge in [0.15, 0.2) is 11.5 Å². The van der Waals surface area contributed by atoms with E-state index in [0.29, 0.717) is 36.8 Å². The van der Waals surface area contributed by atoms with Crippen molar-refractivity contribution in [1.29, 1.82) is 0 Å². The lowest BCUT2D eigenvalue weighted by molar-refractivity contribution is -0.136. The lowest BCUT2D eigenvalue weighted by Crippen LogP contribution is -2.44. The molecule has 0 radical (unpaired) electrons. The van der Waals surface area contributed by atoms with Crippen molar-refractivity contribution in [2.24, 2.45) is 0 Å². The van der Waals surface area contributed by atoms with Gasteiger partial charge in [0.2, 0.25) is 5.91 Å². The highest BCUT2D eigenvalue weighted by Gasteiger charge is 2.37. The molecule has 0 saturated carbocycles. The van der Waals surface area contributed by atoms with E-state index < -0.39 is 11.1 Å². The molecule has 2 heterocycles. The second-order valence-electron chi connectivity index (χ2n) is 9.21. The van der Waals surface area contributed by atoms with Crippen molar-refractivity contribution in [2.45, 2.75) is 25.9 Å². The average molecular weight is 643 g/mol. The summed E-state index contributed by atoms with van der Waals surface area (Å²) in [5.41, 5.74) is 1.75. The van der Waals surface area contributed by atoms with Crippen molar-refractivity contribution < 1.29 is 23.9 Å². The van der Waals surface area contributed by atoms with Gasteiger partial charge in [-0.25, -0.2) is 0 Å². The molecule has 0 aliphatic carbocycles. The van der Waals surface area contributed by atoms with Crippen LogP contribution in [0.15, 0.2) is 59.5 Å². The zero-order chi connectivity index (χ0) is 26.6. The lowest BCUT2D eigenvalue weighted by atomic mass is 10.1. The Morgan fingerprint density at radius 3 is 2.55 bits per heavy atom. The monoisotopic (exact) mass is 642 g/mol. The summed E-state index contributed by atoms with van der Waals surface area (Å²) in [6, 6.07) is 18.1. The predicted octanol–water partition coefficient (Wildman–Crippen LogP) is 6.08. The highest BCUT2D eigenvalue weighted by molar-refractivity contribution is 14.1. The summed E-state index contributed by atoms with van der Waals surface area (Å²) in [6.07, 6.45) is 4.67. The van der Waals surface area contributed by atoms with Crippen molar-refractivity contribution in [3.05, 3.63) is 74.2 Å². The van der Waals surface area contributed by atoms with Gasteiger partial charge >= 0.3 is 0 Å². The highest BCUT2D eigenvalue weighted by Crippen LogP contribution is 2.38. The summed E-state index contributed by atoms with van der Waals surface area (Å²) in [5, 5.41) is 1.90. The summed E-state index contributed by atoms with van der Waals surface area (Å²) in [7, 11) is 1.57. The fourth-order valence-electron chi connectivity index (χ4n) is 4.61. The molecule has 2 fully saturated rings. The molecule has 196 valence electrons. The number of thioether (sulfide) groups is 1. The van der Waals surface area contributed by atoms with Gasteiger partial charge in [0.25, 0.3) is 11.1 Å². The van der Waals surface area contributed by atoms with Crippen molar-refractivity contribution in [2.75, 3.05) is 26.7 Å². The Morgan fingerprint density at radius 2 is 1.79 bits per heavy atom. The number of benzene rings is 3. The number of hydrogen-bond acceptors (Lipinski definition) is 6. The molecule has 3 aromatic carbocycles. The third kappa shape index (κ3) is 5.83. The Morgan fingerprint density at radius 1 is 1.03 bits per heavy atom. The van der Waals surface area contributed by atoms with E-state index in [2.05, 4.69) is 46.9 Å². The van der Waals surface area contributed by atoms with Gasteiger partial charge in [0.1, 0.15) is 13.2 Å². The Hall–Kier alpha value is -3.05. The Kier molecular flexibility index (Phi) is 8.23. The summed E-state index contributed by atoms with van der Waals surface area (Å²) in [5.74, 6) is 0.510. The smallest absolute Gasteiger partial charge is 0.294 e. The molecule has 9 heteroatoms. The van der Waals surface area contributed by atoms with Crippen LogP contribution in [0.4, 0.5) is 4.79 Å². The van der Waals surface area contributed by atoms with Crippen LogP contribution in [-0.2, 0) is 16.2 Å². The number of amides is 3. The van der Waals surface area contributed by atoms with Crippen molar-refractivity contribution in [3.8, 4) is 11.5 Å². The van der Waals surface area contributed by atoms with Gasteiger partial charge in [-0.1, -0.05) is 36.4 Å². The molecule has 2 saturated heterocycles. The molecule has 0 bridgehead atoms. The van der Waals surface area contributed by atoms with Crippen LogP contribution in [0.2, 0.25) is 0 Å². The molecule has 2 aliphatic heterocycles. The number of rotatable bonds is 7. The first-order valence-electron chi connectivity index (χ1n) is 12.4. The Labute approximate surface area is 239 Å². The Balaban J connectivity index is 1.30. The van der Waals surface area contributed by atoms with E-state index in [1.807, 2.05) is 24.3 Å². The van der Waals surface area contributed by atoms with Gasteiger partial charge in [-0.15, -0.1) is 0 Å². The van der Waals surface area contributed by atoms with Crippen molar-refractivity contribution in [3.63, 3.8) is 0 Å². The number of piperidine rings is 1. The van der Waals surface area contributed by atoms with Gasteiger partial charge in [0, 0.05) is 13.1 Å². The van der Waals surface area contributed by atoms with E-state index in [1.165, 1.54) is 5.39 Å². The molecule has 0 atom stereocenters. The van der Waals surface area contributed by atoms with Gasteiger partial charge in [-0.2, -0.15) is 0 Å². The molecule has 7 nitrogen and oxygen atoms in total. The van der Waals surface area contributed by atoms with Crippen LogP contribution in [0.25, 0.3) is 16.8 Å². The third-order valence-corrected chi connectivity index (χ3v) is 8.33. The maximum atomic E-state index is 13.0. The summed E-state index contributed by atoms with van der Waals surface area (Å²) < 4.78 is 12.6. The topological polar surface area (TPSA) is 76.2 Å². The minimum absolute atomic E-state index is 0.183. The molecule has 0 spiro atoms. The standard InChI is InChI=1S/C29H27IN2O5S/c1-36-24-15-20(14-23(30)27(24)37-18-19-9-10-21-7-3-4-8-22(21)13-19)16-25-28(34)32(29(35)38-25)17-26(33)31-11-5-2-6-12-31/h3-4,7-10,13-16H,2,5-6,11-12,17-18H2,1H3/b25-16-. The zero-order valence-corrected chi connectivity index (χ0v) is 23.9. The van der Waals surface area contributed by atoms with Crippen molar-refractivity contribution in [1.82, 2.24) is 9.80 Å². The number of likely N-dealkylation sites (tertiary alicyclic amines) is 1. The maximum Gasteiger partial charge on any atom is 0.294 e. The van der Waals surface area contributed by atoms with E-state index in [1.54, 1.807) is 24.2 Å². The van der Waals surface area contributed by atoms with Crippen LogP contribution >= 0.6 is 34.4 Å². The second kappa shape index (κ2) is 11.8. The molecule has 38 heavy (non-hydrogen) atoms. The minimum Gasteiger partial charge on any atom is -0.493 e. The molecule has 2 aliphatic rings.